The molecule has 0 radical (unpaired) electrons. The van der Waals surface area contributed by atoms with Crippen LogP contribution in [0.1, 0.15) is 25.5 Å². The van der Waals surface area contributed by atoms with Gasteiger partial charge in [0, 0.05) is 38.9 Å². The molecule has 0 aromatic carbocycles. The highest BCUT2D eigenvalue weighted by Crippen LogP contribution is 2.29. The van der Waals surface area contributed by atoms with Crippen LogP contribution in [-0.2, 0) is 20.6 Å². The Kier molecular flexibility index (Phi) is 4.68. The van der Waals surface area contributed by atoms with E-state index in [1.165, 1.54) is 30.5 Å². The van der Waals surface area contributed by atoms with Crippen molar-refractivity contribution in [1.82, 2.24) is 19.4 Å². The van der Waals surface area contributed by atoms with Crippen molar-refractivity contribution in [1.29, 1.82) is 0 Å². The van der Waals surface area contributed by atoms with E-state index in [1.807, 2.05) is 0 Å². The quantitative estimate of drug-likeness (QED) is 0.843. The lowest BCUT2D eigenvalue weighted by molar-refractivity contribution is 0.136. The van der Waals surface area contributed by atoms with E-state index in [-0.39, 0.29) is 11.2 Å². The Labute approximate surface area is 125 Å². The molecule has 0 bridgehead atoms. The highest BCUT2D eigenvalue weighted by atomic mass is 16.2. The normalized spacial score (nSPS) is 18.9. The molecule has 118 valence electrons. The summed E-state index contributed by atoms with van der Waals surface area (Å²) >= 11 is 0. The molecular formula is C15H26N4O2. The van der Waals surface area contributed by atoms with Gasteiger partial charge in [0.15, 0.2) is 0 Å². The number of aromatic nitrogens is 2. The summed E-state index contributed by atoms with van der Waals surface area (Å²) in [7, 11) is 5.36. The van der Waals surface area contributed by atoms with E-state index in [4.69, 9.17) is 0 Å². The maximum atomic E-state index is 11.9. The molecule has 1 aromatic heterocycles. The van der Waals surface area contributed by atoms with Gasteiger partial charge in [-0.15, -0.1) is 0 Å². The van der Waals surface area contributed by atoms with Gasteiger partial charge >= 0.3 is 5.69 Å². The Hall–Kier alpha value is -1.40. The molecule has 0 amide bonds. The van der Waals surface area contributed by atoms with Crippen LogP contribution in [0.2, 0.25) is 0 Å². The van der Waals surface area contributed by atoms with E-state index in [9.17, 15) is 9.59 Å². The van der Waals surface area contributed by atoms with Gasteiger partial charge in [0.25, 0.3) is 5.56 Å². The molecular weight excluding hydrogens is 268 g/mol. The second kappa shape index (κ2) is 6.15. The molecule has 2 heterocycles. The lowest BCUT2D eigenvalue weighted by Crippen LogP contribution is -2.43. The molecule has 1 aliphatic heterocycles. The fraction of sp³-hybridized carbons (Fsp3) is 0.733. The molecule has 2 rings (SSSR count). The summed E-state index contributed by atoms with van der Waals surface area (Å²) in [5, 5.41) is 3.42. The third kappa shape index (κ3) is 3.63. The first-order valence-corrected chi connectivity index (χ1v) is 7.48. The molecule has 0 atom stereocenters. The van der Waals surface area contributed by atoms with Crippen molar-refractivity contribution in [2.45, 2.75) is 26.3 Å². The first kappa shape index (κ1) is 16.0. The highest BCUT2D eigenvalue weighted by Gasteiger charge is 2.28. The minimum atomic E-state index is -0.273. The molecule has 1 saturated heterocycles. The van der Waals surface area contributed by atoms with Crippen LogP contribution in [-0.4, -0.2) is 40.7 Å². The Morgan fingerprint density at radius 2 is 1.76 bits per heavy atom. The van der Waals surface area contributed by atoms with E-state index < -0.39 is 0 Å². The van der Waals surface area contributed by atoms with Crippen LogP contribution in [0.3, 0.4) is 0 Å². The van der Waals surface area contributed by atoms with Crippen LogP contribution in [0.5, 0.6) is 0 Å². The van der Waals surface area contributed by atoms with Crippen molar-refractivity contribution in [3.05, 3.63) is 32.6 Å². The molecule has 0 spiro atoms. The average molecular weight is 294 g/mol. The summed E-state index contributed by atoms with van der Waals surface area (Å²) < 4.78 is 2.66. The topological polar surface area (TPSA) is 59.3 Å². The Morgan fingerprint density at radius 1 is 1.14 bits per heavy atom. The molecule has 0 aliphatic carbocycles. The zero-order chi connectivity index (χ0) is 15.6. The van der Waals surface area contributed by atoms with Gasteiger partial charge in [-0.05, 0) is 38.4 Å². The third-order valence-electron chi connectivity index (χ3n) is 4.68. The van der Waals surface area contributed by atoms with Crippen LogP contribution >= 0.6 is 0 Å². The number of piperidine rings is 1. The smallest absolute Gasteiger partial charge is 0.311 e. The zero-order valence-corrected chi connectivity index (χ0v) is 13.5. The maximum absolute atomic E-state index is 11.9. The molecule has 1 fully saturated rings. The molecule has 0 saturated carbocycles. The van der Waals surface area contributed by atoms with Crippen molar-refractivity contribution in [2.24, 2.45) is 19.5 Å². The summed E-state index contributed by atoms with van der Waals surface area (Å²) in [6.45, 7) is 6.01. The number of likely N-dealkylation sites (tertiary alicyclic amines) is 1. The summed E-state index contributed by atoms with van der Waals surface area (Å²) in [6, 6.07) is 1.53. The first-order valence-electron chi connectivity index (χ1n) is 7.48. The van der Waals surface area contributed by atoms with Gasteiger partial charge in [-0.25, -0.2) is 4.79 Å². The van der Waals surface area contributed by atoms with Crippen LogP contribution < -0.4 is 16.6 Å². The van der Waals surface area contributed by atoms with Crippen LogP contribution in [0, 0.1) is 5.41 Å². The molecule has 6 nitrogen and oxygen atoms in total. The fourth-order valence-electron chi connectivity index (χ4n) is 2.78. The largest absolute Gasteiger partial charge is 0.330 e. The number of hydrogen-bond donors (Lipinski definition) is 1. The highest BCUT2D eigenvalue weighted by molar-refractivity contribution is 5.02. The van der Waals surface area contributed by atoms with Crippen molar-refractivity contribution in [3.63, 3.8) is 0 Å². The second-order valence-electron chi connectivity index (χ2n) is 6.59. The van der Waals surface area contributed by atoms with Crippen molar-refractivity contribution < 1.29 is 0 Å². The zero-order valence-electron chi connectivity index (χ0n) is 13.5. The standard InChI is InChI=1S/C15H26N4O2/c1-15(5-7-17(2)8-6-15)11-16-10-12-9-13(20)19(4)14(21)18(12)3/h9,16H,5-8,10-11H2,1-4H3. The monoisotopic (exact) mass is 294 g/mol. The predicted molar refractivity (Wildman–Crippen MR) is 83.5 cm³/mol. The second-order valence-corrected chi connectivity index (χ2v) is 6.59. The average Bonchev–Trinajstić information content (AvgIpc) is 2.46. The van der Waals surface area contributed by atoms with E-state index >= 15 is 0 Å². The lowest BCUT2D eigenvalue weighted by atomic mass is 9.80. The van der Waals surface area contributed by atoms with E-state index in [0.29, 0.717) is 12.0 Å². The van der Waals surface area contributed by atoms with Crippen LogP contribution in [0.25, 0.3) is 0 Å². The van der Waals surface area contributed by atoms with Gasteiger partial charge in [0.05, 0.1) is 0 Å². The lowest BCUT2D eigenvalue weighted by Gasteiger charge is -2.38. The van der Waals surface area contributed by atoms with Crippen LogP contribution in [0.4, 0.5) is 0 Å². The van der Waals surface area contributed by atoms with Gasteiger partial charge in [0.2, 0.25) is 0 Å². The Morgan fingerprint density at radius 3 is 2.38 bits per heavy atom. The van der Waals surface area contributed by atoms with Crippen molar-refractivity contribution >= 4 is 0 Å². The van der Waals surface area contributed by atoms with Crippen molar-refractivity contribution in [3.8, 4) is 0 Å². The molecule has 1 aromatic rings. The summed E-state index contributed by atoms with van der Waals surface area (Å²) in [6.07, 6.45) is 2.35. The van der Waals surface area contributed by atoms with Crippen molar-refractivity contribution in [2.75, 3.05) is 26.7 Å². The molecule has 21 heavy (non-hydrogen) atoms. The molecule has 1 N–H and O–H groups in total. The number of rotatable bonds is 4. The van der Waals surface area contributed by atoms with Gasteiger partial charge in [-0.3, -0.25) is 13.9 Å². The van der Waals surface area contributed by atoms with E-state index in [2.05, 4.69) is 24.2 Å². The third-order valence-corrected chi connectivity index (χ3v) is 4.68. The van der Waals surface area contributed by atoms with E-state index in [0.717, 1.165) is 29.9 Å². The minimum absolute atomic E-state index is 0.250. The van der Waals surface area contributed by atoms with Gasteiger partial charge in [-0.2, -0.15) is 0 Å². The Bertz CT molecular complexity index is 609. The number of hydrogen-bond acceptors (Lipinski definition) is 4. The van der Waals surface area contributed by atoms with Gasteiger partial charge < -0.3 is 10.2 Å². The summed E-state index contributed by atoms with van der Waals surface area (Å²) in [5.74, 6) is 0. The summed E-state index contributed by atoms with van der Waals surface area (Å²) in [5.41, 5.74) is 0.510. The molecule has 6 heteroatoms. The van der Waals surface area contributed by atoms with Crippen LogP contribution in [0.15, 0.2) is 15.7 Å². The SMILES string of the molecule is CN1CCC(C)(CNCc2cc(=O)n(C)c(=O)n2C)CC1. The Balaban J connectivity index is 1.98. The molecule has 0 unspecified atom stereocenters. The number of nitrogens with one attached hydrogen (secondary N) is 1. The molecule has 1 aliphatic rings. The van der Waals surface area contributed by atoms with E-state index in [1.54, 1.807) is 7.05 Å². The first-order chi connectivity index (χ1) is 9.82. The summed E-state index contributed by atoms with van der Waals surface area (Å²) in [4.78, 5) is 25.9. The maximum Gasteiger partial charge on any atom is 0.330 e. The fourth-order valence-corrected chi connectivity index (χ4v) is 2.78. The predicted octanol–water partition coefficient (Wildman–Crippen LogP) is -0.0945. The number of nitrogens with zero attached hydrogens (tertiary/aromatic N) is 3. The van der Waals surface area contributed by atoms with Gasteiger partial charge in [0.1, 0.15) is 0 Å². The minimum Gasteiger partial charge on any atom is -0.311 e. The van der Waals surface area contributed by atoms with Gasteiger partial charge in [-0.1, -0.05) is 6.92 Å².